The molecule has 2 atom stereocenters. The number of nitrogens with zero attached hydrogens (tertiary/aromatic N) is 2. The lowest BCUT2D eigenvalue weighted by Gasteiger charge is -2.28. The van der Waals surface area contributed by atoms with Crippen LogP contribution in [0.4, 0.5) is 10.5 Å². The highest BCUT2D eigenvalue weighted by molar-refractivity contribution is 14.1. The van der Waals surface area contributed by atoms with E-state index >= 15 is 0 Å². The molecule has 3 aromatic rings. The molecule has 0 saturated heterocycles. The molecule has 1 aliphatic heterocycles. The summed E-state index contributed by atoms with van der Waals surface area (Å²) in [4.78, 5) is 35.0. The molecule has 4 N–H and O–H groups in total. The molecule has 0 saturated carbocycles. The third-order valence-electron chi connectivity index (χ3n) is 6.66. The van der Waals surface area contributed by atoms with Gasteiger partial charge in [0, 0.05) is 17.8 Å². The monoisotopic (exact) mass is 871 g/mol. The molecular formula is C31H31I2N5O9. The molecule has 14 nitrogen and oxygen atoms in total. The number of hydrazone groups is 1. The van der Waals surface area contributed by atoms with E-state index in [1.54, 1.807) is 50.4 Å². The quantitative estimate of drug-likeness (QED) is 0.0434. The Labute approximate surface area is 297 Å². The van der Waals surface area contributed by atoms with Gasteiger partial charge in [0.25, 0.3) is 5.69 Å². The molecule has 0 spiro atoms. The van der Waals surface area contributed by atoms with E-state index in [9.17, 15) is 24.8 Å². The van der Waals surface area contributed by atoms with Gasteiger partial charge in [-0.1, -0.05) is 6.07 Å². The minimum absolute atomic E-state index is 0.0193. The molecule has 4 rings (SSSR count). The first-order chi connectivity index (χ1) is 22.5. The predicted octanol–water partition coefficient (Wildman–Crippen LogP) is 4.90. The highest BCUT2D eigenvalue weighted by Gasteiger charge is 2.32. The fourth-order valence-corrected chi connectivity index (χ4v) is 6.61. The number of amides is 2. The number of methoxy groups -OCH3 is 1. The van der Waals surface area contributed by atoms with Crippen LogP contribution in [0.15, 0.2) is 71.0 Å². The molecule has 0 fully saturated rings. The van der Waals surface area contributed by atoms with E-state index in [-0.39, 0.29) is 24.5 Å². The zero-order valence-electron chi connectivity index (χ0n) is 25.4. The van der Waals surface area contributed by atoms with Crippen molar-refractivity contribution in [3.05, 3.63) is 99.8 Å². The van der Waals surface area contributed by atoms with E-state index in [2.05, 4.69) is 66.3 Å². The van der Waals surface area contributed by atoms with Crippen molar-refractivity contribution < 1.29 is 38.6 Å². The number of esters is 1. The van der Waals surface area contributed by atoms with Gasteiger partial charge in [-0.15, -0.1) is 0 Å². The molecule has 1 aliphatic rings. The number of carbonyl (C=O) groups is 2. The number of allylic oxidation sites excluding steroid dienone is 1. The average Bonchev–Trinajstić information content (AvgIpc) is 3.03. The van der Waals surface area contributed by atoms with Gasteiger partial charge in [0.15, 0.2) is 17.7 Å². The van der Waals surface area contributed by atoms with Crippen molar-refractivity contribution in [1.29, 1.82) is 0 Å². The SMILES string of the molecule is CCOc1cc([C@H]2NC(=O)NC(C)=C2C(=O)OC)ccc1OC[C@@H](O)N/N=C\c1cc(I)c(OCc2ccc([N+](=O)[O-])cc2)c(I)c1. The first-order valence-corrected chi connectivity index (χ1v) is 16.2. The van der Waals surface area contributed by atoms with Gasteiger partial charge < -0.3 is 34.7 Å². The van der Waals surface area contributed by atoms with Crippen LogP contribution in [0, 0.1) is 17.3 Å². The third-order valence-corrected chi connectivity index (χ3v) is 8.26. The summed E-state index contributed by atoms with van der Waals surface area (Å²) in [7, 11) is 1.27. The van der Waals surface area contributed by atoms with E-state index in [4.69, 9.17) is 18.9 Å². The summed E-state index contributed by atoms with van der Waals surface area (Å²) in [5.41, 5.74) is 5.42. The molecule has 1 heterocycles. The van der Waals surface area contributed by atoms with Gasteiger partial charge in [-0.3, -0.25) is 15.5 Å². The number of ether oxygens (including phenoxy) is 4. The fraction of sp³-hybridized carbons (Fsp3) is 0.258. The minimum atomic E-state index is -1.16. The third kappa shape index (κ3) is 9.44. The number of benzene rings is 3. The Balaban J connectivity index is 1.36. The first-order valence-electron chi connectivity index (χ1n) is 14.1. The standard InChI is InChI=1S/C31H31I2N5O9/c1-4-45-25-13-20(28-27(30(40)44-3)17(2)35-31(41)36-28)7-10-24(25)46-16-26(39)37-34-14-19-11-22(32)29(23(33)12-19)47-15-18-5-8-21(9-6-18)38(42)43/h5-14,26,28,37,39H,4,15-16H2,1-3H3,(H2,35,36,41)/b34-14-/t26-,28-/m1/s1. The van der Waals surface area contributed by atoms with E-state index < -0.39 is 29.2 Å². The lowest BCUT2D eigenvalue weighted by molar-refractivity contribution is -0.384. The molecule has 47 heavy (non-hydrogen) atoms. The summed E-state index contributed by atoms with van der Waals surface area (Å²) >= 11 is 4.31. The van der Waals surface area contributed by atoms with Crippen LogP contribution in [0.2, 0.25) is 0 Å². The van der Waals surface area contributed by atoms with Gasteiger partial charge >= 0.3 is 12.0 Å². The maximum absolute atomic E-state index is 12.5. The van der Waals surface area contributed by atoms with Crippen LogP contribution in [0.5, 0.6) is 17.2 Å². The molecule has 248 valence electrons. The number of hydrogen-bond donors (Lipinski definition) is 4. The Bertz CT molecular complexity index is 1680. The van der Waals surface area contributed by atoms with E-state index in [1.807, 2.05) is 12.1 Å². The van der Waals surface area contributed by atoms with Gasteiger partial charge in [0.1, 0.15) is 19.0 Å². The number of carbonyl (C=O) groups excluding carboxylic acids is 2. The Morgan fingerprint density at radius 3 is 2.45 bits per heavy atom. The number of hydrogen-bond acceptors (Lipinski definition) is 11. The van der Waals surface area contributed by atoms with Crippen LogP contribution in [0.1, 0.15) is 36.6 Å². The van der Waals surface area contributed by atoms with Crippen molar-refractivity contribution in [2.24, 2.45) is 5.10 Å². The normalized spacial score (nSPS) is 15.0. The van der Waals surface area contributed by atoms with E-state index in [1.165, 1.54) is 19.2 Å². The van der Waals surface area contributed by atoms with Gasteiger partial charge in [-0.05, 0) is 112 Å². The Hall–Kier alpha value is -4.17. The number of non-ortho nitro benzene ring substituents is 1. The minimum Gasteiger partial charge on any atom is -0.490 e. The summed E-state index contributed by atoms with van der Waals surface area (Å²) in [5.74, 6) is 0.792. The molecule has 0 aliphatic carbocycles. The summed E-state index contributed by atoms with van der Waals surface area (Å²) < 4.78 is 24.1. The van der Waals surface area contributed by atoms with Crippen LogP contribution in [0.3, 0.4) is 0 Å². The number of nitro groups is 1. The van der Waals surface area contributed by atoms with Gasteiger partial charge in [0.05, 0.1) is 43.6 Å². The zero-order chi connectivity index (χ0) is 34.1. The van der Waals surface area contributed by atoms with Gasteiger partial charge in [-0.2, -0.15) is 5.10 Å². The highest BCUT2D eigenvalue weighted by atomic mass is 127. The average molecular weight is 871 g/mol. The summed E-state index contributed by atoms with van der Waals surface area (Å²) in [6, 6.07) is 13.7. The van der Waals surface area contributed by atoms with Crippen molar-refractivity contribution in [3.63, 3.8) is 0 Å². The van der Waals surface area contributed by atoms with Crippen LogP contribution < -0.4 is 30.3 Å². The Morgan fingerprint density at radius 2 is 1.81 bits per heavy atom. The maximum atomic E-state index is 12.5. The Morgan fingerprint density at radius 1 is 1.11 bits per heavy atom. The second-order valence-electron chi connectivity index (χ2n) is 9.94. The summed E-state index contributed by atoms with van der Waals surface area (Å²) in [6.07, 6.45) is 0.388. The molecule has 3 aromatic carbocycles. The van der Waals surface area contributed by atoms with E-state index in [0.717, 1.165) is 18.3 Å². The molecule has 16 heteroatoms. The lowest BCUT2D eigenvalue weighted by Crippen LogP contribution is -2.45. The number of urea groups is 1. The maximum Gasteiger partial charge on any atom is 0.337 e. The van der Waals surface area contributed by atoms with Crippen LogP contribution in [-0.2, 0) is 16.1 Å². The molecule has 2 amide bonds. The molecule has 0 bridgehead atoms. The van der Waals surface area contributed by atoms with Crippen LogP contribution in [-0.4, -0.2) is 54.8 Å². The molecule has 0 unspecified atom stereocenters. The van der Waals surface area contributed by atoms with Crippen LogP contribution >= 0.6 is 45.2 Å². The number of nitrogens with one attached hydrogen (secondary N) is 3. The van der Waals surface area contributed by atoms with Crippen molar-refractivity contribution in [1.82, 2.24) is 16.1 Å². The van der Waals surface area contributed by atoms with Gasteiger partial charge in [0.2, 0.25) is 0 Å². The first kappa shape index (κ1) is 35.7. The number of aliphatic hydroxyl groups excluding tert-OH is 1. The van der Waals surface area contributed by atoms with E-state index in [0.29, 0.717) is 35.1 Å². The largest absolute Gasteiger partial charge is 0.490 e. The zero-order valence-corrected chi connectivity index (χ0v) is 29.7. The summed E-state index contributed by atoms with van der Waals surface area (Å²) in [5, 5.41) is 30.8. The molecule has 0 radical (unpaired) electrons. The number of halogens is 2. The van der Waals surface area contributed by atoms with Crippen LogP contribution in [0.25, 0.3) is 0 Å². The van der Waals surface area contributed by atoms with Crippen molar-refractivity contribution in [2.45, 2.75) is 32.7 Å². The topological polar surface area (TPSA) is 183 Å². The summed E-state index contributed by atoms with van der Waals surface area (Å²) in [6.45, 7) is 3.82. The lowest BCUT2D eigenvalue weighted by atomic mass is 9.95. The number of rotatable bonds is 14. The van der Waals surface area contributed by atoms with Gasteiger partial charge in [-0.25, -0.2) is 9.59 Å². The second-order valence-corrected chi connectivity index (χ2v) is 12.3. The second kappa shape index (κ2) is 16.6. The Kier molecular flexibility index (Phi) is 12.6. The molecule has 0 aromatic heterocycles. The number of nitro benzene ring substituents is 1. The number of aliphatic hydroxyl groups is 1. The fourth-order valence-electron chi connectivity index (χ4n) is 4.48. The van der Waals surface area contributed by atoms with Crippen molar-refractivity contribution in [2.75, 3.05) is 20.3 Å². The van der Waals surface area contributed by atoms with Crippen molar-refractivity contribution >= 4 is 69.1 Å². The molecular weight excluding hydrogens is 840 g/mol. The van der Waals surface area contributed by atoms with Crippen molar-refractivity contribution in [3.8, 4) is 17.2 Å². The highest BCUT2D eigenvalue weighted by Crippen LogP contribution is 2.35. The smallest absolute Gasteiger partial charge is 0.337 e. The predicted molar refractivity (Wildman–Crippen MR) is 188 cm³/mol.